The predicted molar refractivity (Wildman–Crippen MR) is 91.5 cm³/mol. The van der Waals surface area contributed by atoms with Crippen molar-refractivity contribution >= 4 is 33.0 Å². The molecule has 2 rings (SSSR count). The summed E-state index contributed by atoms with van der Waals surface area (Å²) in [5.41, 5.74) is 0.586. The van der Waals surface area contributed by atoms with Crippen LogP contribution in [0, 0.1) is 0 Å². The molecule has 1 aromatic carbocycles. The summed E-state index contributed by atoms with van der Waals surface area (Å²) in [5.74, 6) is -0.637. The number of ether oxygens (including phenoxy) is 1. The number of hydrogen-bond acceptors (Lipinski definition) is 5. The van der Waals surface area contributed by atoms with Crippen molar-refractivity contribution in [3.63, 3.8) is 0 Å². The maximum atomic E-state index is 13.1. The SMILES string of the molecule is CCCCN(c1ccccc1)S(=O)(=O)c1ccsc1C(=O)OC. The Labute approximate surface area is 140 Å². The number of hydrogen-bond donors (Lipinski definition) is 0. The Kier molecular flexibility index (Phi) is 5.79. The van der Waals surface area contributed by atoms with Crippen molar-refractivity contribution in [2.24, 2.45) is 0 Å². The van der Waals surface area contributed by atoms with E-state index in [0.717, 1.165) is 24.2 Å². The molecule has 0 spiro atoms. The monoisotopic (exact) mass is 353 g/mol. The molecule has 0 aliphatic carbocycles. The summed E-state index contributed by atoms with van der Waals surface area (Å²) in [6.07, 6.45) is 1.60. The molecule has 1 aromatic heterocycles. The molecule has 2 aromatic rings. The van der Waals surface area contributed by atoms with Crippen LogP contribution >= 0.6 is 11.3 Å². The summed E-state index contributed by atoms with van der Waals surface area (Å²) in [5, 5.41) is 1.59. The maximum Gasteiger partial charge on any atom is 0.349 e. The number of unbranched alkanes of at least 4 members (excludes halogenated alkanes) is 1. The fraction of sp³-hybridized carbons (Fsp3) is 0.312. The van der Waals surface area contributed by atoms with Gasteiger partial charge in [-0.05, 0) is 30.0 Å². The van der Waals surface area contributed by atoms with Crippen molar-refractivity contribution in [2.45, 2.75) is 24.7 Å². The minimum atomic E-state index is -3.83. The van der Waals surface area contributed by atoms with Gasteiger partial charge in [-0.25, -0.2) is 13.2 Å². The van der Waals surface area contributed by atoms with Gasteiger partial charge >= 0.3 is 5.97 Å². The van der Waals surface area contributed by atoms with Gasteiger partial charge in [-0.1, -0.05) is 31.5 Å². The van der Waals surface area contributed by atoms with Crippen molar-refractivity contribution in [3.8, 4) is 0 Å². The summed E-state index contributed by atoms with van der Waals surface area (Å²) in [7, 11) is -2.59. The van der Waals surface area contributed by atoms with E-state index in [1.807, 2.05) is 13.0 Å². The van der Waals surface area contributed by atoms with Gasteiger partial charge in [0.15, 0.2) is 0 Å². The first-order valence-corrected chi connectivity index (χ1v) is 9.58. The first-order valence-electron chi connectivity index (χ1n) is 7.26. The van der Waals surface area contributed by atoms with Crippen LogP contribution in [0.3, 0.4) is 0 Å². The van der Waals surface area contributed by atoms with E-state index in [-0.39, 0.29) is 9.77 Å². The zero-order valence-electron chi connectivity index (χ0n) is 13.1. The Bertz CT molecular complexity index is 753. The molecule has 1 heterocycles. The molecule has 0 N–H and O–H groups in total. The highest BCUT2D eigenvalue weighted by molar-refractivity contribution is 7.93. The molecule has 0 amide bonds. The molecular weight excluding hydrogens is 334 g/mol. The zero-order chi connectivity index (χ0) is 16.9. The topological polar surface area (TPSA) is 63.7 Å². The number of methoxy groups -OCH3 is 1. The van der Waals surface area contributed by atoms with Crippen LogP contribution < -0.4 is 4.31 Å². The van der Waals surface area contributed by atoms with Gasteiger partial charge in [0.2, 0.25) is 0 Å². The van der Waals surface area contributed by atoms with Crippen molar-refractivity contribution in [2.75, 3.05) is 18.0 Å². The molecule has 0 unspecified atom stereocenters. The van der Waals surface area contributed by atoms with E-state index in [2.05, 4.69) is 4.74 Å². The summed E-state index contributed by atoms with van der Waals surface area (Å²) in [4.78, 5) is 11.9. The number of benzene rings is 1. The van der Waals surface area contributed by atoms with E-state index in [9.17, 15) is 13.2 Å². The molecule has 0 aliphatic rings. The first kappa shape index (κ1) is 17.5. The van der Waals surface area contributed by atoms with Crippen LogP contribution in [0.4, 0.5) is 5.69 Å². The predicted octanol–water partition coefficient (Wildman–Crippen LogP) is 3.53. The minimum absolute atomic E-state index is 0.00527. The van der Waals surface area contributed by atoms with Crippen LogP contribution in [-0.4, -0.2) is 28.0 Å². The van der Waals surface area contributed by atoms with E-state index in [1.165, 1.54) is 17.5 Å². The van der Waals surface area contributed by atoms with Crippen LogP contribution in [0.15, 0.2) is 46.7 Å². The minimum Gasteiger partial charge on any atom is -0.465 e. The van der Waals surface area contributed by atoms with Crippen LogP contribution in [-0.2, 0) is 14.8 Å². The molecule has 7 heteroatoms. The molecule has 124 valence electrons. The molecule has 0 radical (unpaired) electrons. The average Bonchev–Trinajstić information content (AvgIpc) is 3.06. The highest BCUT2D eigenvalue weighted by Gasteiger charge is 2.30. The fourth-order valence-corrected chi connectivity index (χ4v) is 4.96. The van der Waals surface area contributed by atoms with Gasteiger partial charge in [0, 0.05) is 6.54 Å². The number of rotatable bonds is 7. The lowest BCUT2D eigenvalue weighted by molar-refractivity contribution is 0.0602. The smallest absolute Gasteiger partial charge is 0.349 e. The highest BCUT2D eigenvalue weighted by Crippen LogP contribution is 2.29. The quantitative estimate of drug-likeness (QED) is 0.714. The molecular formula is C16H19NO4S2. The van der Waals surface area contributed by atoms with Crippen LogP contribution in [0.25, 0.3) is 0 Å². The molecule has 0 aliphatic heterocycles. The van der Waals surface area contributed by atoms with Crippen molar-refractivity contribution < 1.29 is 17.9 Å². The number of para-hydroxylation sites is 1. The Morgan fingerprint density at radius 3 is 2.52 bits per heavy atom. The highest BCUT2D eigenvalue weighted by atomic mass is 32.2. The Morgan fingerprint density at radius 2 is 1.91 bits per heavy atom. The molecule has 0 bridgehead atoms. The third kappa shape index (κ3) is 3.73. The second kappa shape index (κ2) is 7.61. The van der Waals surface area contributed by atoms with Crippen LogP contribution in [0.5, 0.6) is 0 Å². The van der Waals surface area contributed by atoms with Gasteiger partial charge in [-0.15, -0.1) is 11.3 Å². The van der Waals surface area contributed by atoms with Gasteiger partial charge in [0.1, 0.15) is 9.77 Å². The number of carbonyl (C=O) groups excluding carboxylic acids is 1. The van der Waals surface area contributed by atoms with Gasteiger partial charge in [0.25, 0.3) is 10.0 Å². The lowest BCUT2D eigenvalue weighted by atomic mass is 10.3. The average molecular weight is 353 g/mol. The Hall–Kier alpha value is -1.86. The number of anilines is 1. The number of thiophene rings is 1. The maximum absolute atomic E-state index is 13.1. The Morgan fingerprint density at radius 1 is 1.22 bits per heavy atom. The van der Waals surface area contributed by atoms with E-state index < -0.39 is 16.0 Å². The molecule has 0 fully saturated rings. The molecule has 0 atom stereocenters. The molecule has 23 heavy (non-hydrogen) atoms. The van der Waals surface area contributed by atoms with E-state index in [0.29, 0.717) is 12.2 Å². The third-order valence-electron chi connectivity index (χ3n) is 3.33. The van der Waals surface area contributed by atoms with Gasteiger partial charge in [-0.2, -0.15) is 0 Å². The molecule has 0 saturated carbocycles. The first-order chi connectivity index (χ1) is 11.0. The van der Waals surface area contributed by atoms with Crippen LogP contribution in [0.1, 0.15) is 29.4 Å². The largest absolute Gasteiger partial charge is 0.465 e. The number of sulfonamides is 1. The number of esters is 1. The number of nitrogens with zero attached hydrogens (tertiary/aromatic N) is 1. The third-order valence-corrected chi connectivity index (χ3v) is 6.22. The van der Waals surface area contributed by atoms with E-state index in [1.54, 1.807) is 29.6 Å². The van der Waals surface area contributed by atoms with Gasteiger partial charge < -0.3 is 4.74 Å². The van der Waals surface area contributed by atoms with E-state index in [4.69, 9.17) is 0 Å². The summed E-state index contributed by atoms with van der Waals surface area (Å²) in [6, 6.07) is 10.4. The number of carbonyl (C=O) groups is 1. The van der Waals surface area contributed by atoms with E-state index >= 15 is 0 Å². The zero-order valence-corrected chi connectivity index (χ0v) is 14.7. The molecule has 0 saturated heterocycles. The van der Waals surface area contributed by atoms with Crippen molar-refractivity contribution in [1.29, 1.82) is 0 Å². The standard InChI is InChI=1S/C16H19NO4S2/c1-3-4-11-17(13-8-6-5-7-9-13)23(19,20)14-10-12-22-15(14)16(18)21-2/h5-10,12H,3-4,11H2,1-2H3. The molecule has 5 nitrogen and oxygen atoms in total. The van der Waals surface area contributed by atoms with Gasteiger partial charge in [0.05, 0.1) is 12.8 Å². The fourth-order valence-electron chi connectivity index (χ4n) is 2.14. The Balaban J connectivity index is 2.49. The normalized spacial score (nSPS) is 11.2. The summed E-state index contributed by atoms with van der Waals surface area (Å²) >= 11 is 1.07. The summed E-state index contributed by atoms with van der Waals surface area (Å²) < 4.78 is 32.2. The summed E-state index contributed by atoms with van der Waals surface area (Å²) in [6.45, 7) is 2.36. The van der Waals surface area contributed by atoms with Crippen molar-refractivity contribution in [3.05, 3.63) is 46.7 Å². The van der Waals surface area contributed by atoms with Crippen molar-refractivity contribution in [1.82, 2.24) is 0 Å². The lowest BCUT2D eigenvalue weighted by Crippen LogP contribution is -2.32. The lowest BCUT2D eigenvalue weighted by Gasteiger charge is -2.24. The second-order valence-corrected chi connectivity index (χ2v) is 7.62. The van der Waals surface area contributed by atoms with Crippen LogP contribution in [0.2, 0.25) is 0 Å². The van der Waals surface area contributed by atoms with Gasteiger partial charge in [-0.3, -0.25) is 4.31 Å². The second-order valence-electron chi connectivity index (χ2n) is 4.87.